The number of unbranched alkanes of at least 4 members (excludes halogenated alkanes) is 5. The number of amides is 1. The Balaban J connectivity index is 3.47. The molecule has 0 aliphatic heterocycles. The smallest absolute Gasteiger partial charge is 0.311 e. The molecule has 0 aliphatic carbocycles. The van der Waals surface area contributed by atoms with Gasteiger partial charge in [0.1, 0.15) is 0 Å². The summed E-state index contributed by atoms with van der Waals surface area (Å²) in [5.41, 5.74) is 0.181. The monoisotopic (exact) mass is 311 g/mol. The summed E-state index contributed by atoms with van der Waals surface area (Å²) in [5, 5.41) is 0. The van der Waals surface area contributed by atoms with Crippen LogP contribution in [0.15, 0.2) is 12.2 Å². The van der Waals surface area contributed by atoms with E-state index in [2.05, 4.69) is 6.58 Å². The van der Waals surface area contributed by atoms with Crippen molar-refractivity contribution in [2.24, 2.45) is 5.41 Å². The van der Waals surface area contributed by atoms with Crippen LogP contribution in [0.4, 0.5) is 0 Å². The summed E-state index contributed by atoms with van der Waals surface area (Å²) < 4.78 is 5.22. The molecular formula is C18H33NO3. The summed E-state index contributed by atoms with van der Waals surface area (Å²) >= 11 is 0. The van der Waals surface area contributed by atoms with Gasteiger partial charge in [-0.1, -0.05) is 32.3 Å². The summed E-state index contributed by atoms with van der Waals surface area (Å²) in [5.74, 6) is -0.0987. The van der Waals surface area contributed by atoms with Gasteiger partial charge in [-0.25, -0.2) is 0 Å². The first-order valence-corrected chi connectivity index (χ1v) is 8.24. The maximum Gasteiger partial charge on any atom is 0.311 e. The van der Waals surface area contributed by atoms with Crippen molar-refractivity contribution in [2.75, 3.05) is 20.2 Å². The molecule has 0 saturated heterocycles. The predicted octanol–water partition coefficient (Wildman–Crippen LogP) is 3.95. The van der Waals surface area contributed by atoms with Crippen molar-refractivity contribution in [1.29, 1.82) is 0 Å². The Bertz CT molecular complexity index is 369. The third-order valence-corrected chi connectivity index (χ3v) is 3.45. The van der Waals surface area contributed by atoms with E-state index in [4.69, 9.17) is 4.74 Å². The standard InChI is InChI=1S/C18H33NO3/c1-15(2)16(20)19(6)13-11-9-7-8-10-12-14-22-17(21)18(3,4)5/h1,7-14H2,2-6H3. The first kappa shape index (κ1) is 20.7. The first-order chi connectivity index (χ1) is 10.2. The molecule has 1 amide bonds. The normalized spacial score (nSPS) is 11.1. The molecule has 0 heterocycles. The highest BCUT2D eigenvalue weighted by Gasteiger charge is 2.22. The van der Waals surface area contributed by atoms with Crippen molar-refractivity contribution in [3.63, 3.8) is 0 Å². The second kappa shape index (κ2) is 10.4. The molecule has 128 valence electrons. The molecule has 0 radical (unpaired) electrons. The molecule has 0 N–H and O–H groups in total. The molecule has 0 aliphatic rings. The molecule has 0 atom stereocenters. The summed E-state index contributed by atoms with van der Waals surface area (Å²) in [6.07, 6.45) is 6.45. The second-order valence-electron chi connectivity index (χ2n) is 7.01. The van der Waals surface area contributed by atoms with Gasteiger partial charge in [0.25, 0.3) is 0 Å². The maximum atomic E-state index is 11.6. The zero-order valence-corrected chi connectivity index (χ0v) is 15.0. The number of hydrogen-bond donors (Lipinski definition) is 0. The Morgan fingerprint density at radius 1 is 1.00 bits per heavy atom. The van der Waals surface area contributed by atoms with Crippen LogP contribution in [-0.4, -0.2) is 37.0 Å². The van der Waals surface area contributed by atoms with Crippen LogP contribution in [-0.2, 0) is 14.3 Å². The Hall–Kier alpha value is -1.32. The van der Waals surface area contributed by atoms with Crippen molar-refractivity contribution in [3.8, 4) is 0 Å². The van der Waals surface area contributed by atoms with E-state index in [1.54, 1.807) is 11.8 Å². The van der Waals surface area contributed by atoms with Gasteiger partial charge in [-0.05, 0) is 40.5 Å². The van der Waals surface area contributed by atoms with Gasteiger partial charge in [-0.2, -0.15) is 0 Å². The fourth-order valence-corrected chi connectivity index (χ4v) is 1.97. The van der Waals surface area contributed by atoms with Crippen LogP contribution < -0.4 is 0 Å². The van der Waals surface area contributed by atoms with Crippen molar-refractivity contribution in [1.82, 2.24) is 4.90 Å². The molecule has 22 heavy (non-hydrogen) atoms. The molecule has 0 aromatic rings. The summed E-state index contributed by atoms with van der Waals surface area (Å²) in [6.45, 7) is 12.3. The molecule has 4 nitrogen and oxygen atoms in total. The van der Waals surface area contributed by atoms with Crippen LogP contribution in [0.1, 0.15) is 66.2 Å². The van der Waals surface area contributed by atoms with Crippen molar-refractivity contribution in [2.45, 2.75) is 66.2 Å². The largest absolute Gasteiger partial charge is 0.465 e. The number of ether oxygens (including phenoxy) is 1. The van der Waals surface area contributed by atoms with Crippen LogP contribution in [0.3, 0.4) is 0 Å². The van der Waals surface area contributed by atoms with E-state index in [1.165, 1.54) is 0 Å². The molecule has 0 aromatic heterocycles. The quantitative estimate of drug-likeness (QED) is 0.349. The molecule has 0 spiro atoms. The van der Waals surface area contributed by atoms with E-state index in [-0.39, 0.29) is 11.9 Å². The number of esters is 1. The van der Waals surface area contributed by atoms with Crippen LogP contribution in [0, 0.1) is 5.41 Å². The molecule has 0 aromatic carbocycles. The van der Waals surface area contributed by atoms with Gasteiger partial charge in [-0.15, -0.1) is 0 Å². The van der Waals surface area contributed by atoms with E-state index in [9.17, 15) is 9.59 Å². The average Bonchev–Trinajstić information content (AvgIpc) is 2.42. The van der Waals surface area contributed by atoms with Crippen LogP contribution in [0.2, 0.25) is 0 Å². The number of rotatable bonds is 10. The third kappa shape index (κ3) is 9.59. The van der Waals surface area contributed by atoms with Crippen LogP contribution in [0.25, 0.3) is 0 Å². The van der Waals surface area contributed by atoms with E-state index >= 15 is 0 Å². The average molecular weight is 311 g/mol. The first-order valence-electron chi connectivity index (χ1n) is 8.24. The molecule has 0 rings (SSSR count). The minimum absolute atomic E-state index is 0.0284. The molecule has 0 fully saturated rings. The Labute approximate surface area is 135 Å². The lowest BCUT2D eigenvalue weighted by atomic mass is 9.97. The third-order valence-electron chi connectivity index (χ3n) is 3.45. The van der Waals surface area contributed by atoms with E-state index in [0.29, 0.717) is 12.2 Å². The number of carbonyl (C=O) groups is 2. The molecule has 0 unspecified atom stereocenters. The molecule has 0 saturated carbocycles. The minimum atomic E-state index is -0.409. The number of carbonyl (C=O) groups excluding carboxylic acids is 2. The Kier molecular flexibility index (Phi) is 9.79. The highest BCUT2D eigenvalue weighted by atomic mass is 16.5. The summed E-state index contributed by atoms with van der Waals surface area (Å²) in [4.78, 5) is 24.9. The summed E-state index contributed by atoms with van der Waals surface area (Å²) in [6, 6.07) is 0. The predicted molar refractivity (Wildman–Crippen MR) is 90.6 cm³/mol. The Morgan fingerprint density at radius 2 is 1.50 bits per heavy atom. The molecular weight excluding hydrogens is 278 g/mol. The highest BCUT2D eigenvalue weighted by molar-refractivity contribution is 5.91. The molecule has 0 bridgehead atoms. The minimum Gasteiger partial charge on any atom is -0.465 e. The van der Waals surface area contributed by atoms with Gasteiger partial charge >= 0.3 is 5.97 Å². The number of likely N-dealkylation sites (N-methyl/N-ethyl adjacent to an activating group) is 1. The van der Waals surface area contributed by atoms with E-state index < -0.39 is 5.41 Å². The lowest BCUT2D eigenvalue weighted by Crippen LogP contribution is -2.27. The Morgan fingerprint density at radius 3 is 2.00 bits per heavy atom. The lowest BCUT2D eigenvalue weighted by molar-refractivity contribution is -0.153. The maximum absolute atomic E-state index is 11.6. The van der Waals surface area contributed by atoms with Gasteiger partial charge < -0.3 is 9.64 Å². The number of nitrogens with zero attached hydrogens (tertiary/aromatic N) is 1. The van der Waals surface area contributed by atoms with Crippen LogP contribution >= 0.6 is 0 Å². The van der Waals surface area contributed by atoms with Crippen molar-refractivity contribution in [3.05, 3.63) is 12.2 Å². The number of hydrogen-bond acceptors (Lipinski definition) is 3. The van der Waals surface area contributed by atoms with Gasteiger partial charge in [0.05, 0.1) is 12.0 Å². The highest BCUT2D eigenvalue weighted by Crippen LogP contribution is 2.15. The SMILES string of the molecule is C=C(C)C(=O)N(C)CCCCCCCCOC(=O)C(C)(C)C. The topological polar surface area (TPSA) is 46.6 Å². The van der Waals surface area contributed by atoms with Gasteiger partial charge in [0, 0.05) is 19.2 Å². The van der Waals surface area contributed by atoms with E-state index in [1.807, 2.05) is 27.8 Å². The van der Waals surface area contributed by atoms with Gasteiger partial charge in [0.15, 0.2) is 0 Å². The second-order valence-corrected chi connectivity index (χ2v) is 7.01. The summed E-state index contributed by atoms with van der Waals surface area (Å²) in [7, 11) is 1.82. The van der Waals surface area contributed by atoms with E-state index in [0.717, 1.165) is 45.1 Å². The fourth-order valence-electron chi connectivity index (χ4n) is 1.97. The fraction of sp³-hybridized carbons (Fsp3) is 0.778. The lowest BCUT2D eigenvalue weighted by Gasteiger charge is -2.17. The van der Waals surface area contributed by atoms with Crippen molar-refractivity contribution >= 4 is 11.9 Å². The molecule has 4 heteroatoms. The van der Waals surface area contributed by atoms with Gasteiger partial charge in [0.2, 0.25) is 5.91 Å². The van der Waals surface area contributed by atoms with Crippen molar-refractivity contribution < 1.29 is 14.3 Å². The zero-order chi connectivity index (χ0) is 17.2. The zero-order valence-electron chi connectivity index (χ0n) is 15.0. The van der Waals surface area contributed by atoms with Gasteiger partial charge in [-0.3, -0.25) is 9.59 Å². The van der Waals surface area contributed by atoms with Crippen LogP contribution in [0.5, 0.6) is 0 Å².